The number of thioether (sulfide) groups is 1. The number of ether oxygens (including phenoxy) is 1. The van der Waals surface area contributed by atoms with Crippen molar-refractivity contribution in [2.45, 2.75) is 30.2 Å². The second-order valence-corrected chi connectivity index (χ2v) is 8.58. The fourth-order valence-electron chi connectivity index (χ4n) is 2.44. The summed E-state index contributed by atoms with van der Waals surface area (Å²) in [5.74, 6) is -0.0988. The number of thiazole rings is 1. The second kappa shape index (κ2) is 7.12. The van der Waals surface area contributed by atoms with Crippen LogP contribution in [0.5, 0.6) is 0 Å². The van der Waals surface area contributed by atoms with E-state index in [1.807, 2.05) is 0 Å². The summed E-state index contributed by atoms with van der Waals surface area (Å²) in [6.07, 6.45) is 0. The Labute approximate surface area is 148 Å². The number of rotatable bonds is 5. The third-order valence-electron chi connectivity index (χ3n) is 3.45. The highest BCUT2D eigenvalue weighted by atomic mass is 32.2. The van der Waals surface area contributed by atoms with Crippen molar-refractivity contribution >= 4 is 34.9 Å². The van der Waals surface area contributed by atoms with Crippen LogP contribution in [0.25, 0.3) is 5.13 Å². The van der Waals surface area contributed by atoms with Crippen molar-refractivity contribution in [1.29, 1.82) is 0 Å². The van der Waals surface area contributed by atoms with Gasteiger partial charge in [-0.05, 0) is 13.0 Å². The van der Waals surface area contributed by atoms with Crippen molar-refractivity contribution in [3.05, 3.63) is 17.5 Å². The van der Waals surface area contributed by atoms with E-state index in [1.165, 1.54) is 16.0 Å². The zero-order valence-electron chi connectivity index (χ0n) is 13.9. The minimum absolute atomic E-state index is 0.135. The molecule has 0 spiro atoms. The highest BCUT2D eigenvalue weighted by molar-refractivity contribution is 8.01. The number of aromatic nitrogens is 3. The summed E-state index contributed by atoms with van der Waals surface area (Å²) in [5.41, 5.74) is 0.796. The summed E-state index contributed by atoms with van der Waals surface area (Å²) in [6, 6.07) is 1.56. The Hall–Kier alpha value is -1.58. The molecule has 0 amide bonds. The third-order valence-corrected chi connectivity index (χ3v) is 5.67. The molecule has 1 aliphatic rings. The van der Waals surface area contributed by atoms with E-state index in [2.05, 4.69) is 23.8 Å². The Morgan fingerprint density at radius 3 is 2.75 bits per heavy atom. The van der Waals surface area contributed by atoms with E-state index in [0.717, 1.165) is 23.1 Å². The quantitative estimate of drug-likeness (QED) is 0.813. The SMILES string of the molecule is Cc1cc(C(=O)O)n(-c2nc(N3CCOCC3)c(SC(C)C)s2)n1. The summed E-state index contributed by atoms with van der Waals surface area (Å²) in [7, 11) is 0. The zero-order valence-corrected chi connectivity index (χ0v) is 15.5. The molecule has 0 aliphatic carbocycles. The summed E-state index contributed by atoms with van der Waals surface area (Å²) in [4.78, 5) is 18.4. The smallest absolute Gasteiger partial charge is 0.354 e. The van der Waals surface area contributed by atoms with Gasteiger partial charge in [0.25, 0.3) is 0 Å². The lowest BCUT2D eigenvalue weighted by atomic mass is 10.4. The maximum absolute atomic E-state index is 11.5. The number of carbonyl (C=O) groups is 1. The molecule has 0 saturated carbocycles. The van der Waals surface area contributed by atoms with Gasteiger partial charge in [0.1, 0.15) is 4.21 Å². The highest BCUT2D eigenvalue weighted by Crippen LogP contribution is 2.39. The summed E-state index contributed by atoms with van der Waals surface area (Å²) in [6.45, 7) is 8.99. The van der Waals surface area contributed by atoms with Gasteiger partial charge in [-0.2, -0.15) is 14.8 Å². The Morgan fingerprint density at radius 2 is 2.12 bits per heavy atom. The highest BCUT2D eigenvalue weighted by Gasteiger charge is 2.24. The lowest BCUT2D eigenvalue weighted by molar-refractivity contribution is 0.0687. The molecule has 0 atom stereocenters. The van der Waals surface area contributed by atoms with Crippen molar-refractivity contribution in [1.82, 2.24) is 14.8 Å². The van der Waals surface area contributed by atoms with Crippen LogP contribution in [0.1, 0.15) is 30.0 Å². The average molecular weight is 368 g/mol. The molecule has 2 aromatic heterocycles. The number of carboxylic acids is 1. The molecule has 2 aromatic rings. The summed E-state index contributed by atoms with van der Waals surface area (Å²) < 4.78 is 7.94. The van der Waals surface area contributed by atoms with Gasteiger partial charge in [-0.1, -0.05) is 25.2 Å². The Balaban J connectivity index is 2.03. The van der Waals surface area contributed by atoms with Gasteiger partial charge in [0, 0.05) is 18.3 Å². The second-order valence-electron chi connectivity index (χ2n) is 5.76. The first-order valence-corrected chi connectivity index (χ1v) is 9.46. The predicted octanol–water partition coefficient (Wildman–Crippen LogP) is 2.67. The molecule has 1 fully saturated rings. The molecule has 7 nitrogen and oxygen atoms in total. The minimum atomic E-state index is -1.00. The Kier molecular flexibility index (Phi) is 5.12. The van der Waals surface area contributed by atoms with Crippen LogP contribution in [0, 0.1) is 6.92 Å². The average Bonchev–Trinajstić information content (AvgIpc) is 3.11. The molecule has 0 aromatic carbocycles. The predicted molar refractivity (Wildman–Crippen MR) is 95.0 cm³/mol. The van der Waals surface area contributed by atoms with Gasteiger partial charge in [0.2, 0.25) is 5.13 Å². The van der Waals surface area contributed by atoms with Gasteiger partial charge >= 0.3 is 5.97 Å². The van der Waals surface area contributed by atoms with Crippen LogP contribution in [0.15, 0.2) is 10.3 Å². The fourth-order valence-corrected chi connectivity index (χ4v) is 4.93. The van der Waals surface area contributed by atoms with Gasteiger partial charge < -0.3 is 14.7 Å². The number of nitrogens with zero attached hydrogens (tertiary/aromatic N) is 4. The number of anilines is 1. The van der Waals surface area contributed by atoms with Gasteiger partial charge in [-0.25, -0.2) is 4.79 Å². The largest absolute Gasteiger partial charge is 0.477 e. The normalized spacial score (nSPS) is 15.2. The number of hydrogen-bond donors (Lipinski definition) is 1. The third kappa shape index (κ3) is 3.57. The molecule has 0 bridgehead atoms. The monoisotopic (exact) mass is 368 g/mol. The molecule has 1 saturated heterocycles. The first-order chi connectivity index (χ1) is 11.5. The van der Waals surface area contributed by atoms with Crippen molar-refractivity contribution in [3.63, 3.8) is 0 Å². The number of carboxylic acid groups (broad SMARTS) is 1. The molecule has 3 heterocycles. The van der Waals surface area contributed by atoms with Gasteiger partial charge in [0.05, 0.1) is 18.9 Å². The standard InChI is InChI=1S/C15H20N4O3S2/c1-9(2)23-14-12(18-4-6-22-7-5-18)16-15(24-14)19-11(13(20)21)8-10(3)17-19/h8-9H,4-7H2,1-3H3,(H,20,21). The first kappa shape index (κ1) is 17.2. The lowest BCUT2D eigenvalue weighted by Crippen LogP contribution is -2.36. The molecule has 3 rings (SSSR count). The van der Waals surface area contributed by atoms with E-state index in [4.69, 9.17) is 9.72 Å². The van der Waals surface area contributed by atoms with Gasteiger partial charge in [-0.15, -0.1) is 11.8 Å². The maximum Gasteiger partial charge on any atom is 0.354 e. The minimum Gasteiger partial charge on any atom is -0.477 e. The van der Waals surface area contributed by atoms with Crippen LogP contribution in [-0.4, -0.2) is 57.4 Å². The van der Waals surface area contributed by atoms with E-state index in [1.54, 1.807) is 24.8 Å². The van der Waals surface area contributed by atoms with Crippen LogP contribution in [0.3, 0.4) is 0 Å². The van der Waals surface area contributed by atoms with Crippen molar-refractivity contribution in [2.75, 3.05) is 31.2 Å². The van der Waals surface area contributed by atoms with Gasteiger partial charge in [0.15, 0.2) is 11.5 Å². The molecule has 0 radical (unpaired) electrons. The molecular formula is C15H20N4O3S2. The van der Waals surface area contributed by atoms with Crippen molar-refractivity contribution < 1.29 is 14.6 Å². The molecule has 1 N–H and O–H groups in total. The fraction of sp³-hybridized carbons (Fsp3) is 0.533. The van der Waals surface area contributed by atoms with Crippen LogP contribution < -0.4 is 4.90 Å². The van der Waals surface area contributed by atoms with Crippen molar-refractivity contribution in [3.8, 4) is 5.13 Å². The van der Waals surface area contributed by atoms with E-state index in [-0.39, 0.29) is 5.69 Å². The van der Waals surface area contributed by atoms with Crippen molar-refractivity contribution in [2.24, 2.45) is 0 Å². The van der Waals surface area contributed by atoms with Gasteiger partial charge in [-0.3, -0.25) is 0 Å². The van der Waals surface area contributed by atoms with E-state index in [0.29, 0.717) is 29.3 Å². The summed E-state index contributed by atoms with van der Waals surface area (Å²) in [5, 5.41) is 14.7. The van der Waals surface area contributed by atoms with Crippen LogP contribution >= 0.6 is 23.1 Å². The number of hydrogen-bond acceptors (Lipinski definition) is 7. The molecule has 9 heteroatoms. The van der Waals surface area contributed by atoms with Crippen LogP contribution in [0.4, 0.5) is 5.82 Å². The maximum atomic E-state index is 11.5. The molecule has 130 valence electrons. The molecule has 1 aliphatic heterocycles. The zero-order chi connectivity index (χ0) is 17.3. The lowest BCUT2D eigenvalue weighted by Gasteiger charge is -2.27. The molecular weight excluding hydrogens is 348 g/mol. The molecule has 24 heavy (non-hydrogen) atoms. The number of morpholine rings is 1. The number of aryl methyl sites for hydroxylation is 1. The Morgan fingerprint density at radius 1 is 1.42 bits per heavy atom. The Bertz CT molecular complexity index is 735. The summed E-state index contributed by atoms with van der Waals surface area (Å²) >= 11 is 3.23. The van der Waals surface area contributed by atoms with Crippen LogP contribution in [-0.2, 0) is 4.74 Å². The van der Waals surface area contributed by atoms with E-state index < -0.39 is 5.97 Å². The van der Waals surface area contributed by atoms with Crippen LogP contribution in [0.2, 0.25) is 0 Å². The van der Waals surface area contributed by atoms with E-state index >= 15 is 0 Å². The van der Waals surface area contributed by atoms with E-state index in [9.17, 15) is 9.90 Å². The topological polar surface area (TPSA) is 80.5 Å². The first-order valence-electron chi connectivity index (χ1n) is 7.76. The number of aromatic carboxylic acids is 1. The molecule has 0 unspecified atom stereocenters.